The van der Waals surface area contributed by atoms with Crippen LogP contribution in [0.4, 0.5) is 10.1 Å². The molecule has 0 saturated heterocycles. The summed E-state index contributed by atoms with van der Waals surface area (Å²) in [6, 6.07) is 10.6. The van der Waals surface area contributed by atoms with Crippen LogP contribution in [-0.4, -0.2) is 20.4 Å². The van der Waals surface area contributed by atoms with Gasteiger partial charge in [-0.15, -0.1) is 0 Å². The summed E-state index contributed by atoms with van der Waals surface area (Å²) < 4.78 is 41.8. The second-order valence-electron chi connectivity index (χ2n) is 6.75. The Kier molecular flexibility index (Phi) is 5.92. The summed E-state index contributed by atoms with van der Waals surface area (Å²) in [7, 11) is -4.02. The average molecular weight is 390 g/mol. The van der Waals surface area contributed by atoms with Gasteiger partial charge in [0.1, 0.15) is 10.7 Å². The molecule has 0 aromatic heterocycles. The summed E-state index contributed by atoms with van der Waals surface area (Å²) in [5.74, 6) is -1.36. The zero-order chi connectivity index (χ0) is 19.4. The molecule has 2 aromatic carbocycles. The maximum atomic E-state index is 14.2. The molecule has 0 radical (unpaired) electrons. The third kappa shape index (κ3) is 4.73. The van der Waals surface area contributed by atoms with E-state index in [4.69, 9.17) is 0 Å². The normalized spacial score (nSPS) is 15.0. The lowest BCUT2D eigenvalue weighted by Crippen LogP contribution is -2.33. The summed E-state index contributed by atoms with van der Waals surface area (Å²) >= 11 is 0. The van der Waals surface area contributed by atoms with Crippen molar-refractivity contribution >= 4 is 21.6 Å². The number of carbonyl (C=O) groups excluding carboxylic acids is 1. The Morgan fingerprint density at radius 1 is 1.11 bits per heavy atom. The first-order valence-corrected chi connectivity index (χ1v) is 10.6. The predicted octanol–water partition coefficient (Wildman–Crippen LogP) is 3.86. The molecule has 27 heavy (non-hydrogen) atoms. The topological polar surface area (TPSA) is 75.3 Å². The molecule has 7 heteroatoms. The molecule has 5 nitrogen and oxygen atoms in total. The third-order valence-corrected chi connectivity index (χ3v) is 6.32. The molecule has 3 rings (SSSR count). The molecule has 0 bridgehead atoms. The van der Waals surface area contributed by atoms with Gasteiger partial charge >= 0.3 is 0 Å². The molecule has 0 atom stereocenters. The fourth-order valence-electron chi connectivity index (χ4n) is 3.20. The van der Waals surface area contributed by atoms with Gasteiger partial charge in [0.2, 0.25) is 10.0 Å². The Hall–Kier alpha value is -2.25. The van der Waals surface area contributed by atoms with Crippen LogP contribution in [0.2, 0.25) is 0 Å². The summed E-state index contributed by atoms with van der Waals surface area (Å²) in [6.07, 6.45) is 4.29. The lowest BCUT2D eigenvalue weighted by molar-refractivity contribution is 0.102. The zero-order valence-corrected chi connectivity index (χ0v) is 16.0. The van der Waals surface area contributed by atoms with E-state index in [9.17, 15) is 17.6 Å². The number of nitrogens with one attached hydrogen (secondary N) is 2. The number of sulfonamides is 1. The predicted molar refractivity (Wildman–Crippen MR) is 103 cm³/mol. The van der Waals surface area contributed by atoms with Crippen LogP contribution in [0.1, 0.15) is 48.5 Å². The van der Waals surface area contributed by atoms with Crippen LogP contribution in [-0.2, 0) is 16.4 Å². The highest BCUT2D eigenvalue weighted by Crippen LogP contribution is 2.23. The van der Waals surface area contributed by atoms with Crippen molar-refractivity contribution < 1.29 is 17.6 Å². The van der Waals surface area contributed by atoms with Crippen LogP contribution in [0.25, 0.3) is 0 Å². The molecule has 0 heterocycles. The molecule has 1 aliphatic carbocycles. The molecule has 0 spiro atoms. The molecular formula is C20H23FN2O3S. The van der Waals surface area contributed by atoms with Gasteiger partial charge < -0.3 is 5.32 Å². The van der Waals surface area contributed by atoms with Gasteiger partial charge in [0, 0.05) is 17.3 Å². The molecule has 1 amide bonds. The minimum absolute atomic E-state index is 0.0859. The van der Waals surface area contributed by atoms with Gasteiger partial charge in [0.25, 0.3) is 5.91 Å². The van der Waals surface area contributed by atoms with E-state index in [1.54, 1.807) is 12.1 Å². The van der Waals surface area contributed by atoms with E-state index < -0.39 is 26.6 Å². The molecule has 1 saturated carbocycles. The first-order chi connectivity index (χ1) is 12.9. The second kappa shape index (κ2) is 8.19. The van der Waals surface area contributed by atoms with Crippen LogP contribution < -0.4 is 10.0 Å². The van der Waals surface area contributed by atoms with E-state index in [0.29, 0.717) is 5.69 Å². The first kappa shape index (κ1) is 19.5. The number of aryl methyl sites for hydroxylation is 1. The van der Waals surface area contributed by atoms with Gasteiger partial charge in [0.05, 0.1) is 0 Å². The number of halogens is 1. The fraction of sp³-hybridized carbons (Fsp3) is 0.350. The summed E-state index contributed by atoms with van der Waals surface area (Å²) in [6.45, 7) is 2.04. The highest BCUT2D eigenvalue weighted by atomic mass is 32.2. The Balaban J connectivity index is 1.79. The molecule has 0 aliphatic heterocycles. The van der Waals surface area contributed by atoms with Crippen molar-refractivity contribution in [2.45, 2.75) is 50.0 Å². The van der Waals surface area contributed by atoms with E-state index in [0.717, 1.165) is 49.8 Å². The molecule has 2 aromatic rings. The van der Waals surface area contributed by atoms with E-state index in [-0.39, 0.29) is 11.6 Å². The van der Waals surface area contributed by atoms with Crippen LogP contribution in [0.5, 0.6) is 0 Å². The first-order valence-electron chi connectivity index (χ1n) is 9.11. The average Bonchev–Trinajstić information content (AvgIpc) is 3.14. The molecule has 1 aliphatic rings. The van der Waals surface area contributed by atoms with E-state index in [1.807, 2.05) is 19.1 Å². The van der Waals surface area contributed by atoms with Crippen molar-refractivity contribution in [2.75, 3.05) is 5.32 Å². The quantitative estimate of drug-likeness (QED) is 0.786. The zero-order valence-electron chi connectivity index (χ0n) is 15.2. The number of hydrogen-bond acceptors (Lipinski definition) is 3. The van der Waals surface area contributed by atoms with Gasteiger partial charge in [-0.05, 0) is 55.2 Å². The third-order valence-electron chi connectivity index (χ3n) is 4.78. The number of hydrogen-bond donors (Lipinski definition) is 2. The van der Waals surface area contributed by atoms with Crippen molar-refractivity contribution in [3.05, 3.63) is 59.4 Å². The van der Waals surface area contributed by atoms with Gasteiger partial charge in [-0.3, -0.25) is 4.79 Å². The van der Waals surface area contributed by atoms with Gasteiger partial charge in [-0.2, -0.15) is 0 Å². The standard InChI is InChI=1S/C20H23FN2O3S/c1-2-14-7-10-16(11-8-14)22-20(24)15-9-12-18(21)19(13-15)27(25,26)23-17-5-3-4-6-17/h7-13,17,23H,2-6H2,1H3,(H,22,24). The van der Waals surface area contributed by atoms with Gasteiger partial charge in [-0.1, -0.05) is 31.9 Å². The molecule has 144 valence electrons. The van der Waals surface area contributed by atoms with E-state index in [1.165, 1.54) is 6.07 Å². The van der Waals surface area contributed by atoms with Crippen molar-refractivity contribution in [2.24, 2.45) is 0 Å². The highest BCUT2D eigenvalue weighted by Gasteiger charge is 2.26. The number of anilines is 1. The lowest BCUT2D eigenvalue weighted by atomic mass is 10.1. The largest absolute Gasteiger partial charge is 0.322 e. The summed E-state index contributed by atoms with van der Waals surface area (Å²) in [4.78, 5) is 12.0. The molecule has 1 fully saturated rings. The highest BCUT2D eigenvalue weighted by molar-refractivity contribution is 7.89. The van der Waals surface area contributed by atoms with Crippen molar-refractivity contribution in [1.29, 1.82) is 0 Å². The number of amides is 1. The number of benzene rings is 2. The molecule has 0 unspecified atom stereocenters. The monoisotopic (exact) mass is 390 g/mol. The molecular weight excluding hydrogens is 367 g/mol. The summed E-state index contributed by atoms with van der Waals surface area (Å²) in [5, 5.41) is 2.70. The Labute approximate surface area is 159 Å². The van der Waals surface area contributed by atoms with Crippen LogP contribution in [0.3, 0.4) is 0 Å². The van der Waals surface area contributed by atoms with Crippen molar-refractivity contribution in [3.8, 4) is 0 Å². The van der Waals surface area contributed by atoms with Crippen LogP contribution >= 0.6 is 0 Å². The van der Waals surface area contributed by atoms with Gasteiger partial charge in [0.15, 0.2) is 0 Å². The maximum Gasteiger partial charge on any atom is 0.255 e. The van der Waals surface area contributed by atoms with Crippen molar-refractivity contribution in [3.63, 3.8) is 0 Å². The van der Waals surface area contributed by atoms with Crippen molar-refractivity contribution in [1.82, 2.24) is 4.72 Å². The lowest BCUT2D eigenvalue weighted by Gasteiger charge is -2.14. The molecule has 2 N–H and O–H groups in total. The maximum absolute atomic E-state index is 14.2. The van der Waals surface area contributed by atoms with Crippen LogP contribution in [0, 0.1) is 5.82 Å². The number of carbonyl (C=O) groups is 1. The SMILES string of the molecule is CCc1ccc(NC(=O)c2ccc(F)c(S(=O)(=O)NC3CCCC3)c2)cc1. The van der Waals surface area contributed by atoms with Crippen LogP contribution in [0.15, 0.2) is 47.4 Å². The minimum atomic E-state index is -4.02. The Morgan fingerprint density at radius 2 is 1.78 bits per heavy atom. The number of rotatable bonds is 6. The minimum Gasteiger partial charge on any atom is -0.322 e. The fourth-order valence-corrected chi connectivity index (χ4v) is 4.61. The Morgan fingerprint density at radius 3 is 2.41 bits per heavy atom. The smallest absolute Gasteiger partial charge is 0.255 e. The van der Waals surface area contributed by atoms with E-state index in [2.05, 4.69) is 10.0 Å². The van der Waals surface area contributed by atoms with E-state index >= 15 is 0 Å². The second-order valence-corrected chi connectivity index (χ2v) is 8.43. The van der Waals surface area contributed by atoms with Gasteiger partial charge in [-0.25, -0.2) is 17.5 Å². The Bertz CT molecular complexity index is 921. The summed E-state index contributed by atoms with van der Waals surface area (Å²) in [5.41, 5.74) is 1.82.